The largest absolute Gasteiger partial charge is 0.478 e. The molecule has 1 aliphatic rings. The van der Waals surface area contributed by atoms with Crippen LogP contribution in [0.1, 0.15) is 47.7 Å². The lowest BCUT2D eigenvalue weighted by Gasteiger charge is -2.17. The van der Waals surface area contributed by atoms with Gasteiger partial charge in [0.25, 0.3) is 0 Å². The fraction of sp³-hybridized carbons (Fsp3) is 0.323. The predicted octanol–water partition coefficient (Wildman–Crippen LogP) is 4.90. The number of fused-ring (bicyclic) bond motifs is 1. The third-order valence-corrected chi connectivity index (χ3v) is 7.06. The number of carbonyl (C=O) groups is 2. The van der Waals surface area contributed by atoms with Gasteiger partial charge in [0.1, 0.15) is 12.4 Å². The topological polar surface area (TPSA) is 140 Å². The average molecular weight is 571 g/mol. The van der Waals surface area contributed by atoms with Crippen molar-refractivity contribution in [2.24, 2.45) is 0 Å². The number of aromatic nitrogens is 4. The first-order valence-electron chi connectivity index (χ1n) is 14.1. The Morgan fingerprint density at radius 3 is 2.60 bits per heavy atom. The van der Waals surface area contributed by atoms with Crippen molar-refractivity contribution in [2.75, 3.05) is 11.9 Å². The predicted molar refractivity (Wildman–Crippen MR) is 158 cm³/mol. The smallest absolute Gasteiger partial charge is 0.335 e. The van der Waals surface area contributed by atoms with Crippen LogP contribution in [0.5, 0.6) is 0 Å². The molecule has 0 bridgehead atoms. The van der Waals surface area contributed by atoms with E-state index in [1.165, 1.54) is 6.33 Å². The second kappa shape index (κ2) is 13.8. The molecule has 5 rings (SSSR count). The van der Waals surface area contributed by atoms with E-state index in [9.17, 15) is 14.7 Å². The van der Waals surface area contributed by atoms with Crippen molar-refractivity contribution in [3.8, 4) is 0 Å². The summed E-state index contributed by atoms with van der Waals surface area (Å²) in [6, 6.07) is 16.7. The zero-order valence-electron chi connectivity index (χ0n) is 23.3. The number of nitrogens with one attached hydrogen (secondary N) is 2. The highest BCUT2D eigenvalue weighted by atomic mass is 16.7. The van der Waals surface area contributed by atoms with E-state index in [0.29, 0.717) is 42.1 Å². The summed E-state index contributed by atoms with van der Waals surface area (Å²) in [5.74, 6) is -0.581. The SMILES string of the molecule is CCNC(=O)Nc1ncnc2c1ncn2CC1O[C@@H](/C=C/c2ccccc2)OC1CCCCc1ccccc1C(=O)O. The van der Waals surface area contributed by atoms with Gasteiger partial charge in [0.15, 0.2) is 23.3 Å². The number of carboxylic acid groups (broad SMARTS) is 1. The van der Waals surface area contributed by atoms with Gasteiger partial charge in [0.05, 0.1) is 24.5 Å². The van der Waals surface area contributed by atoms with Crippen LogP contribution in [-0.2, 0) is 22.4 Å². The third kappa shape index (κ3) is 7.17. The zero-order valence-corrected chi connectivity index (χ0v) is 23.3. The number of nitrogens with zero attached hydrogens (tertiary/aromatic N) is 4. The van der Waals surface area contributed by atoms with E-state index in [1.54, 1.807) is 18.5 Å². The van der Waals surface area contributed by atoms with Crippen molar-refractivity contribution >= 4 is 35.1 Å². The minimum absolute atomic E-state index is 0.197. The third-order valence-electron chi connectivity index (χ3n) is 7.06. The lowest BCUT2D eigenvalue weighted by atomic mass is 9.99. The minimum atomic E-state index is -0.910. The molecule has 1 saturated heterocycles. The van der Waals surface area contributed by atoms with Crippen LogP contribution in [0.25, 0.3) is 17.2 Å². The number of urea groups is 1. The van der Waals surface area contributed by atoms with Gasteiger partial charge >= 0.3 is 12.0 Å². The average Bonchev–Trinajstić information content (AvgIpc) is 3.59. The monoisotopic (exact) mass is 570 g/mol. The first kappa shape index (κ1) is 28.9. The molecule has 2 aromatic carbocycles. The van der Waals surface area contributed by atoms with Crippen molar-refractivity contribution in [3.05, 3.63) is 90.0 Å². The molecule has 3 atom stereocenters. The van der Waals surface area contributed by atoms with E-state index in [-0.39, 0.29) is 18.2 Å². The lowest BCUT2D eigenvalue weighted by Crippen LogP contribution is -2.29. The molecule has 2 amide bonds. The molecule has 218 valence electrons. The zero-order chi connectivity index (χ0) is 29.3. The van der Waals surface area contributed by atoms with Crippen LogP contribution in [0.15, 0.2) is 73.3 Å². The summed E-state index contributed by atoms with van der Waals surface area (Å²) in [4.78, 5) is 36.7. The van der Waals surface area contributed by atoms with Gasteiger partial charge in [-0.05, 0) is 49.5 Å². The maximum Gasteiger partial charge on any atom is 0.335 e. The number of imidazole rings is 1. The van der Waals surface area contributed by atoms with Gasteiger partial charge in [-0.2, -0.15) is 0 Å². The molecule has 3 heterocycles. The Kier molecular flexibility index (Phi) is 9.52. The first-order chi connectivity index (χ1) is 20.5. The Morgan fingerprint density at radius 2 is 1.79 bits per heavy atom. The van der Waals surface area contributed by atoms with Crippen molar-refractivity contribution < 1.29 is 24.2 Å². The molecular formula is C31H34N6O5. The normalized spacial score (nSPS) is 18.5. The van der Waals surface area contributed by atoms with Crippen molar-refractivity contribution in [1.82, 2.24) is 24.8 Å². The van der Waals surface area contributed by atoms with Crippen molar-refractivity contribution in [1.29, 1.82) is 0 Å². The maximum atomic E-state index is 12.1. The molecule has 42 heavy (non-hydrogen) atoms. The summed E-state index contributed by atoms with van der Waals surface area (Å²) in [5.41, 5.74) is 3.28. The number of rotatable bonds is 12. The number of carbonyl (C=O) groups excluding carboxylic acids is 1. The number of ether oxygens (including phenoxy) is 2. The number of anilines is 1. The molecular weight excluding hydrogens is 536 g/mol. The first-order valence-corrected chi connectivity index (χ1v) is 14.1. The number of carboxylic acids is 1. The molecule has 2 aromatic heterocycles. The number of unbranched alkanes of at least 4 members (excludes halogenated alkanes) is 1. The van der Waals surface area contributed by atoms with E-state index in [2.05, 4.69) is 25.6 Å². The Balaban J connectivity index is 1.28. The molecule has 4 aromatic rings. The number of hydrogen-bond donors (Lipinski definition) is 3. The van der Waals surface area contributed by atoms with Crippen LogP contribution >= 0.6 is 0 Å². The van der Waals surface area contributed by atoms with Crippen molar-refractivity contribution in [2.45, 2.75) is 57.6 Å². The Bertz CT molecular complexity index is 1540. The summed E-state index contributed by atoms with van der Waals surface area (Å²) < 4.78 is 14.6. The van der Waals surface area contributed by atoms with E-state index >= 15 is 0 Å². The van der Waals surface area contributed by atoms with E-state index < -0.39 is 12.3 Å². The molecule has 1 aliphatic heterocycles. The molecule has 1 fully saturated rings. The van der Waals surface area contributed by atoms with Gasteiger partial charge < -0.3 is 24.5 Å². The van der Waals surface area contributed by atoms with Crippen LogP contribution in [0.2, 0.25) is 0 Å². The molecule has 11 heteroatoms. The highest BCUT2D eigenvalue weighted by Crippen LogP contribution is 2.28. The Morgan fingerprint density at radius 1 is 1.00 bits per heavy atom. The highest BCUT2D eigenvalue weighted by molar-refractivity contribution is 5.95. The second-order valence-electron chi connectivity index (χ2n) is 9.97. The number of hydrogen-bond acceptors (Lipinski definition) is 7. The summed E-state index contributed by atoms with van der Waals surface area (Å²) in [7, 11) is 0. The quantitative estimate of drug-likeness (QED) is 0.204. The van der Waals surface area contributed by atoms with Gasteiger partial charge in [0.2, 0.25) is 0 Å². The van der Waals surface area contributed by atoms with Crippen LogP contribution in [0, 0.1) is 0 Å². The minimum Gasteiger partial charge on any atom is -0.478 e. The van der Waals surface area contributed by atoms with Crippen LogP contribution < -0.4 is 10.6 Å². The van der Waals surface area contributed by atoms with Crippen LogP contribution in [-0.4, -0.2) is 61.7 Å². The number of amides is 2. The number of benzene rings is 2. The molecule has 3 N–H and O–H groups in total. The van der Waals surface area contributed by atoms with Gasteiger partial charge in [-0.15, -0.1) is 0 Å². The lowest BCUT2D eigenvalue weighted by molar-refractivity contribution is -0.0301. The van der Waals surface area contributed by atoms with E-state index in [1.807, 2.05) is 66.1 Å². The van der Waals surface area contributed by atoms with Gasteiger partial charge in [-0.25, -0.2) is 24.5 Å². The highest BCUT2D eigenvalue weighted by Gasteiger charge is 2.35. The molecule has 0 saturated carbocycles. The summed E-state index contributed by atoms with van der Waals surface area (Å²) >= 11 is 0. The Hall–Kier alpha value is -4.61. The summed E-state index contributed by atoms with van der Waals surface area (Å²) in [5, 5.41) is 14.9. The molecule has 2 unspecified atom stereocenters. The maximum absolute atomic E-state index is 12.1. The summed E-state index contributed by atoms with van der Waals surface area (Å²) in [6.07, 6.45) is 9.01. The molecule has 0 radical (unpaired) electrons. The number of aromatic carboxylic acids is 1. The summed E-state index contributed by atoms with van der Waals surface area (Å²) in [6.45, 7) is 2.76. The molecule has 0 spiro atoms. The van der Waals surface area contributed by atoms with Crippen LogP contribution in [0.4, 0.5) is 10.6 Å². The molecule has 0 aliphatic carbocycles. The van der Waals surface area contributed by atoms with Crippen molar-refractivity contribution in [3.63, 3.8) is 0 Å². The van der Waals surface area contributed by atoms with Gasteiger partial charge in [0, 0.05) is 6.54 Å². The standard InChI is InChI=1S/C31H34N6O5/c1-2-32-31(40)36-28-27-29(34-19-33-28)37(20-35-27)18-25-24(41-26(42-25)17-16-21-10-4-3-5-11-21)15-9-7-13-22-12-6-8-14-23(22)30(38)39/h3-6,8,10-12,14,16-17,19-20,24-26H,2,7,9,13,15,18H2,1H3,(H,38,39)(H2,32,33,34,36,40)/b17-16+/t24?,25?,26-/m0/s1. The fourth-order valence-corrected chi connectivity index (χ4v) is 5.03. The van der Waals surface area contributed by atoms with Crippen LogP contribution in [0.3, 0.4) is 0 Å². The number of aryl methyl sites for hydroxylation is 1. The van der Waals surface area contributed by atoms with E-state index in [4.69, 9.17) is 9.47 Å². The second-order valence-corrected chi connectivity index (χ2v) is 9.97. The van der Waals surface area contributed by atoms with Gasteiger partial charge in [-0.3, -0.25) is 5.32 Å². The fourth-order valence-electron chi connectivity index (χ4n) is 5.03. The molecule has 11 nitrogen and oxygen atoms in total. The Labute approximate surface area is 243 Å². The van der Waals surface area contributed by atoms with E-state index in [0.717, 1.165) is 30.4 Å². The van der Waals surface area contributed by atoms with Gasteiger partial charge in [-0.1, -0.05) is 61.0 Å².